The summed E-state index contributed by atoms with van der Waals surface area (Å²) in [6.07, 6.45) is 9.29. The number of primary sulfonamides is 2. The van der Waals surface area contributed by atoms with Gasteiger partial charge in [0.1, 0.15) is 6.17 Å². The van der Waals surface area contributed by atoms with Gasteiger partial charge in [-0.1, -0.05) is 202 Å². The molecule has 11 aromatic carbocycles. The molecule has 49 heteroatoms. The average molecular weight is 2050 g/mol. The van der Waals surface area contributed by atoms with E-state index < -0.39 is 65.6 Å². The van der Waals surface area contributed by atoms with Crippen LogP contribution >= 0.6 is 0 Å². The third-order valence-corrected chi connectivity index (χ3v) is 29.8. The summed E-state index contributed by atoms with van der Waals surface area (Å²) in [6.45, 7) is 13.1. The van der Waals surface area contributed by atoms with Crippen LogP contribution in [-0.4, -0.2) is 253 Å². The highest BCUT2D eigenvalue weighted by Crippen LogP contribution is 2.42. The fourth-order valence-electron chi connectivity index (χ4n) is 16.7. The quantitative estimate of drug-likeness (QED) is 0.0278. The maximum Gasteiger partial charge on any atom is 0.238 e. The number of halogens is 1. The first-order chi connectivity index (χ1) is 68.4. The van der Waals surface area contributed by atoms with Crippen molar-refractivity contribution in [1.82, 2.24) is 139 Å². The van der Waals surface area contributed by atoms with E-state index in [1.807, 2.05) is 154 Å². The molecule has 10 N–H and O–H groups in total. The first kappa shape index (κ1) is 102. The number of aromatic amines is 6. The van der Waals surface area contributed by atoms with Gasteiger partial charge in [0.15, 0.2) is 39.3 Å². The van der Waals surface area contributed by atoms with Crippen LogP contribution in [0.1, 0.15) is 62.3 Å². The molecule has 2 aliphatic rings. The molecular weight excluding hydrogens is 1950 g/mol. The predicted octanol–water partition coefficient (Wildman–Crippen LogP) is 11.5. The number of likely N-dealkylation sites (tertiary alicyclic amines) is 2. The number of tetrazole rings is 6. The van der Waals surface area contributed by atoms with Crippen LogP contribution in [0.15, 0.2) is 266 Å². The lowest BCUT2D eigenvalue weighted by Crippen LogP contribution is -2.28. The van der Waals surface area contributed by atoms with Crippen LogP contribution in [0.25, 0.3) is 135 Å². The molecule has 3 atom stereocenters. The van der Waals surface area contributed by atoms with Crippen molar-refractivity contribution in [2.75, 3.05) is 51.3 Å². The highest BCUT2D eigenvalue weighted by Gasteiger charge is 2.32. The third kappa shape index (κ3) is 24.8. The normalized spacial score (nSPS) is 14.6. The van der Waals surface area contributed by atoms with Gasteiger partial charge in [0.05, 0.1) is 58.4 Å². The fourth-order valence-corrected chi connectivity index (χ4v) is 21.8. The van der Waals surface area contributed by atoms with E-state index in [0.29, 0.717) is 88.1 Å². The first-order valence-corrected chi connectivity index (χ1v) is 54.8. The number of nitrogens with two attached hydrogens (primary N) is 2. The molecule has 42 nitrogen and oxygen atoms in total. The number of nitrogens with one attached hydrogen (secondary N) is 6. The van der Waals surface area contributed by atoms with Gasteiger partial charge < -0.3 is 4.74 Å². The number of ether oxygens (including phenoxy) is 1. The summed E-state index contributed by atoms with van der Waals surface area (Å²) in [7, 11) is -21.6. The van der Waals surface area contributed by atoms with Crippen molar-refractivity contribution in [3.8, 4) is 113 Å². The Morgan fingerprint density at radius 2 is 0.734 bits per heavy atom. The van der Waals surface area contributed by atoms with Crippen LogP contribution in [0.3, 0.4) is 0 Å². The van der Waals surface area contributed by atoms with Crippen LogP contribution in [0, 0.1) is 12.8 Å². The van der Waals surface area contributed by atoms with E-state index in [9.17, 15) is 54.9 Å². The molecule has 3 unspecified atom stereocenters. The zero-order valence-corrected chi connectivity index (χ0v) is 82.9. The van der Waals surface area contributed by atoms with Crippen LogP contribution in [0.2, 0.25) is 0 Å². The lowest BCUT2D eigenvalue weighted by Gasteiger charge is -2.23. The number of hydrogen-bond donors (Lipinski definition) is 8. The Morgan fingerprint density at radius 1 is 0.385 bits per heavy atom. The van der Waals surface area contributed by atoms with Crippen molar-refractivity contribution >= 4 is 80.9 Å². The second-order valence-corrected chi connectivity index (χ2v) is 44.4. The van der Waals surface area contributed by atoms with Crippen molar-refractivity contribution in [3.05, 3.63) is 259 Å². The highest BCUT2D eigenvalue weighted by atomic mass is 32.2. The minimum Gasteiger partial charge on any atom is -0.377 e. The van der Waals surface area contributed by atoms with Gasteiger partial charge in [-0.25, -0.2) is 65.2 Å². The van der Waals surface area contributed by atoms with Crippen molar-refractivity contribution in [2.24, 2.45) is 16.2 Å². The van der Waals surface area contributed by atoms with E-state index in [0.717, 1.165) is 86.4 Å². The van der Waals surface area contributed by atoms with E-state index in [1.165, 1.54) is 61.8 Å². The predicted molar refractivity (Wildman–Crippen MR) is 531 cm³/mol. The number of fused-ring (bicyclic) bond motifs is 2. The van der Waals surface area contributed by atoms with Gasteiger partial charge in [-0.2, -0.15) is 31.3 Å². The van der Waals surface area contributed by atoms with Gasteiger partial charge in [-0.3, -0.25) is 14.8 Å². The molecule has 7 aromatic heterocycles. The maximum absolute atomic E-state index is 13.7. The Kier molecular flexibility index (Phi) is 31.8. The molecule has 0 radical (unpaired) electrons. The summed E-state index contributed by atoms with van der Waals surface area (Å²) in [5.74, 6) is 1.40. The number of aryl methyl sites for hydroxylation is 1. The first-order valence-electron chi connectivity index (χ1n) is 44.1. The molecule has 0 aliphatic carbocycles. The van der Waals surface area contributed by atoms with E-state index in [2.05, 4.69) is 158 Å². The van der Waals surface area contributed by atoms with Crippen LogP contribution in [-0.2, 0) is 83.8 Å². The number of hydrogen-bond acceptors (Lipinski definition) is 34. The molecule has 0 amide bonds. The number of nitrogens with zero attached hydrogens (tertiary/aromatic N) is 21. The summed E-state index contributed by atoms with van der Waals surface area (Å²) in [5.41, 5.74) is 12.7. The van der Waals surface area contributed by atoms with Crippen molar-refractivity contribution < 1.29 is 59.6 Å². The Labute approximate surface area is 821 Å². The molecule has 0 spiro atoms. The van der Waals surface area contributed by atoms with Gasteiger partial charge in [0.2, 0.25) is 55.0 Å². The second-order valence-electron chi connectivity index (χ2n) is 33.4. The van der Waals surface area contributed by atoms with E-state index >= 15 is 0 Å². The zero-order valence-electron chi connectivity index (χ0n) is 78.0. The van der Waals surface area contributed by atoms with E-state index in [4.69, 9.17) is 15.0 Å². The summed E-state index contributed by atoms with van der Waals surface area (Å²) in [4.78, 5) is 9.61. The van der Waals surface area contributed by atoms with E-state index in [-0.39, 0.29) is 70.2 Å². The molecule has 9 heterocycles. The van der Waals surface area contributed by atoms with Crippen LogP contribution in [0.4, 0.5) is 4.39 Å². The molecule has 0 saturated carbocycles. The van der Waals surface area contributed by atoms with Gasteiger partial charge in [0, 0.05) is 98.2 Å². The van der Waals surface area contributed by atoms with Gasteiger partial charge in [0.25, 0.3) is 0 Å². The van der Waals surface area contributed by atoms with Crippen LogP contribution < -0.4 is 10.3 Å². The topological polar surface area (TPSA) is 612 Å². The number of sulfone groups is 4. The molecular formula is C94H96FN29O13S6. The lowest BCUT2D eigenvalue weighted by molar-refractivity contribution is 0.134. The number of aromatic nitrogens is 25. The van der Waals surface area contributed by atoms with Gasteiger partial charge in [-0.05, 0) is 191 Å². The van der Waals surface area contributed by atoms with E-state index in [1.54, 1.807) is 72.9 Å². The number of rotatable bonds is 24. The Bertz CT molecular complexity index is 8060. The minimum atomic E-state index is -3.99. The number of benzene rings is 11. The SMILES string of the molecule is CC1CN(Cc2ccc(-c3cccc(S(N)(=O)=O)c3-c3nn[nH]n3)cc2)CC1F.CCC1CCCN1Cc1ccc(-c2cccc(S(N)(=O)=O)c2-c2nn[nH]n2)cc1.CCOCc1ccc(-c2cccc(S(C)(=O)=O)c2-c2nn[nH]n2)cc1.CS(=O)(=O)c1ccc2ccccc2c1-c1nn[nH]n1.CS(=O)(=O)c1ccc2ccccc2c1-c1nn[nH]n1.Cc1ccc(-c2cccc(S(C)(=O)=O)c2-c2nn[nH]n2)nc1. The minimum absolute atomic E-state index is 0.0247. The summed E-state index contributed by atoms with van der Waals surface area (Å²) in [5, 5.41) is 96.8. The highest BCUT2D eigenvalue weighted by molar-refractivity contribution is 7.92. The Balaban J connectivity index is 0.000000130. The van der Waals surface area contributed by atoms with Crippen LogP contribution in [0.5, 0.6) is 0 Å². The lowest BCUT2D eigenvalue weighted by atomic mass is 9.98. The molecule has 738 valence electrons. The summed E-state index contributed by atoms with van der Waals surface area (Å²) >= 11 is 0. The Hall–Kier alpha value is -15.1. The molecule has 2 fully saturated rings. The largest absolute Gasteiger partial charge is 0.377 e. The smallest absolute Gasteiger partial charge is 0.238 e. The maximum atomic E-state index is 13.7. The molecule has 143 heavy (non-hydrogen) atoms. The monoisotopic (exact) mass is 2050 g/mol. The third-order valence-electron chi connectivity index (χ3n) is 23.3. The van der Waals surface area contributed by atoms with Crippen molar-refractivity contribution in [3.63, 3.8) is 0 Å². The Morgan fingerprint density at radius 3 is 1.08 bits per heavy atom. The molecule has 20 rings (SSSR count). The zero-order chi connectivity index (χ0) is 102. The number of H-pyrrole nitrogens is 6. The van der Waals surface area contributed by atoms with Crippen molar-refractivity contribution in [1.29, 1.82) is 0 Å². The van der Waals surface area contributed by atoms with Gasteiger partial charge in [-0.15, -0.1) is 61.2 Å². The summed E-state index contributed by atoms with van der Waals surface area (Å²) in [6, 6.07) is 69.6. The summed E-state index contributed by atoms with van der Waals surface area (Å²) < 4.78 is 164. The number of alkyl halides is 1. The molecule has 2 aliphatic heterocycles. The fraction of sp³-hybridized carbons (Fsp3) is 0.223. The average Bonchev–Trinajstić information content (AvgIpc) is 1.78. The number of sulfonamides is 2. The molecule has 0 bridgehead atoms. The second kappa shape index (κ2) is 44.4. The molecule has 18 aromatic rings. The van der Waals surface area contributed by atoms with Gasteiger partial charge >= 0.3 is 0 Å². The molecule has 2 saturated heterocycles. The standard InChI is InChI=1S/C20H24N6O2S.C19H21FN6O2S.C17H18N4O3S.C14H13N5O2S.2C12H10N4O2S/c1-2-16-5-4-12-26(16)13-14-8-10-15(11-9-14)17-6-3-7-18(29(21,27)28)19(17)20-22-24-25-23-20;1-12-9-26(11-16(12)20)10-13-5-7-14(8-6-13)15-3-2-4-17(29(21,27)28)18(15)19-22-24-25-23-19;1-3-24-11-12-7-9-13(10-8-12)14-5-4-6-15(25(2,22)23)16(14)17-18-20-21-19-17;1-9-6-7-11(15-8-9)10-4-3-5-12(22(2,20)21)13(10)14-16-18-19-17-14;2*1-19(17,18)10-7-6-8-4-2-3-5-9(8)11(10)12-13-15-16-14-12/h3,6-11,16H,2,4-5,12-13H2,1H3,(H2,21,27,28)(H,22,23,24,25);2-8,12,16H,9-11H2,1H3,(H2,21,27,28)(H,22,23,24,25);4-10H,3,11H2,1-2H3,(H,18,19,20,21);3-8H,1-2H3,(H,16,17,18,19);2*2-7H,1H3,(H,13,14,15,16). The number of pyridine rings is 1. The van der Waals surface area contributed by atoms with Crippen molar-refractivity contribution in [2.45, 2.75) is 108 Å².